The van der Waals surface area contributed by atoms with Gasteiger partial charge in [0.2, 0.25) is 0 Å². The lowest BCUT2D eigenvalue weighted by Crippen LogP contribution is -1.98. The molecule has 5 heteroatoms. The average Bonchev–Trinajstić information content (AvgIpc) is 2.67. The van der Waals surface area contributed by atoms with Crippen LogP contribution in [0.15, 0.2) is 29.2 Å². The highest BCUT2D eigenvalue weighted by atomic mass is 35.7. The third-order valence-electron chi connectivity index (χ3n) is 5.30. The Morgan fingerprint density at radius 1 is 0.724 bits per heavy atom. The van der Waals surface area contributed by atoms with Crippen molar-refractivity contribution >= 4 is 19.7 Å². The molecule has 0 spiro atoms. The van der Waals surface area contributed by atoms with E-state index in [1.807, 2.05) is 0 Å². The molecule has 0 fully saturated rings. The maximum Gasteiger partial charge on any atom is 0.261 e. The monoisotopic (exact) mass is 444 g/mol. The van der Waals surface area contributed by atoms with E-state index in [0.29, 0.717) is 12.4 Å². The molecule has 0 aliphatic heterocycles. The zero-order valence-corrected chi connectivity index (χ0v) is 20.1. The van der Waals surface area contributed by atoms with E-state index in [-0.39, 0.29) is 4.90 Å². The molecule has 1 aromatic rings. The predicted molar refractivity (Wildman–Crippen MR) is 124 cm³/mol. The summed E-state index contributed by atoms with van der Waals surface area (Å²) in [5.74, 6) is 1.55. The Hall–Kier alpha value is -0.740. The smallest absolute Gasteiger partial charge is 0.261 e. The minimum Gasteiger partial charge on any atom is -0.494 e. The number of benzene rings is 1. The van der Waals surface area contributed by atoms with Gasteiger partial charge < -0.3 is 4.74 Å². The van der Waals surface area contributed by atoms with Crippen LogP contribution in [0.5, 0.6) is 5.75 Å². The van der Waals surface area contributed by atoms with E-state index >= 15 is 0 Å². The van der Waals surface area contributed by atoms with Crippen LogP contribution in [-0.4, -0.2) is 15.0 Å². The van der Waals surface area contributed by atoms with E-state index in [2.05, 4.69) is 13.8 Å². The summed E-state index contributed by atoms with van der Waals surface area (Å²) in [6.45, 7) is 5.30. The van der Waals surface area contributed by atoms with E-state index in [1.165, 1.54) is 95.6 Å². The van der Waals surface area contributed by atoms with Crippen LogP contribution in [0.2, 0.25) is 0 Å². The van der Waals surface area contributed by atoms with Crippen LogP contribution in [0, 0.1) is 5.92 Å². The second-order valence-electron chi connectivity index (χ2n) is 8.54. The molecule has 0 amide bonds. The van der Waals surface area contributed by atoms with Crippen molar-refractivity contribution < 1.29 is 13.2 Å². The van der Waals surface area contributed by atoms with Crippen LogP contribution in [-0.2, 0) is 9.05 Å². The number of ether oxygens (including phenoxy) is 1. The lowest BCUT2D eigenvalue weighted by Gasteiger charge is -2.07. The molecule has 3 nitrogen and oxygen atoms in total. The van der Waals surface area contributed by atoms with Gasteiger partial charge in [0.1, 0.15) is 5.75 Å². The molecule has 0 bridgehead atoms. The topological polar surface area (TPSA) is 43.4 Å². The summed E-state index contributed by atoms with van der Waals surface area (Å²) in [5.41, 5.74) is 0. The summed E-state index contributed by atoms with van der Waals surface area (Å²) in [5, 5.41) is 0. The average molecular weight is 445 g/mol. The second kappa shape index (κ2) is 16.0. The molecule has 168 valence electrons. The molecule has 1 rings (SSSR count). The molecular formula is C24H41ClO3S. The van der Waals surface area contributed by atoms with E-state index in [9.17, 15) is 8.42 Å². The van der Waals surface area contributed by atoms with E-state index < -0.39 is 9.05 Å². The molecule has 29 heavy (non-hydrogen) atoms. The molecule has 0 saturated heterocycles. The zero-order valence-electron chi connectivity index (χ0n) is 18.5. The molecule has 0 atom stereocenters. The van der Waals surface area contributed by atoms with Crippen LogP contribution >= 0.6 is 10.7 Å². The van der Waals surface area contributed by atoms with Gasteiger partial charge in [0, 0.05) is 10.7 Å². The molecule has 0 N–H and O–H groups in total. The highest BCUT2D eigenvalue weighted by Crippen LogP contribution is 2.19. The molecule has 1 aromatic carbocycles. The highest BCUT2D eigenvalue weighted by molar-refractivity contribution is 8.13. The molecule has 0 unspecified atom stereocenters. The Balaban J connectivity index is 1.84. The summed E-state index contributed by atoms with van der Waals surface area (Å²) in [4.78, 5) is 0.105. The summed E-state index contributed by atoms with van der Waals surface area (Å²) in [7, 11) is 1.64. The first-order valence-corrected chi connectivity index (χ1v) is 13.9. The summed E-state index contributed by atoms with van der Waals surface area (Å²) in [6.07, 6.45) is 18.8. The van der Waals surface area contributed by atoms with Gasteiger partial charge in [0.25, 0.3) is 9.05 Å². The molecule has 0 aromatic heterocycles. The molecule has 0 heterocycles. The van der Waals surface area contributed by atoms with Crippen LogP contribution in [0.3, 0.4) is 0 Å². The minimum atomic E-state index is -3.66. The molecule has 0 radical (unpaired) electrons. The minimum absolute atomic E-state index is 0.105. The predicted octanol–water partition coefficient (Wildman–Crippen LogP) is 8.11. The van der Waals surface area contributed by atoms with Crippen LogP contribution in [0.25, 0.3) is 0 Å². The Bertz CT molecular complexity index is 612. The zero-order chi connectivity index (χ0) is 21.4. The maximum absolute atomic E-state index is 11.2. The first-order chi connectivity index (χ1) is 13.9. The largest absolute Gasteiger partial charge is 0.494 e. The van der Waals surface area contributed by atoms with Gasteiger partial charge in [0.05, 0.1) is 11.5 Å². The highest BCUT2D eigenvalue weighted by Gasteiger charge is 2.09. The second-order valence-corrected chi connectivity index (χ2v) is 11.1. The fourth-order valence-corrected chi connectivity index (χ4v) is 4.26. The van der Waals surface area contributed by atoms with Crippen molar-refractivity contribution in [2.75, 3.05) is 6.61 Å². The summed E-state index contributed by atoms with van der Waals surface area (Å²) < 4.78 is 28.0. The van der Waals surface area contributed by atoms with Crippen LogP contribution in [0.4, 0.5) is 0 Å². The SMILES string of the molecule is CC(C)CCCCCCCCCCCCCCCOc1ccc(S(=O)(=O)Cl)cc1. The van der Waals surface area contributed by atoms with Gasteiger partial charge in [-0.05, 0) is 36.6 Å². The van der Waals surface area contributed by atoms with Gasteiger partial charge in [-0.25, -0.2) is 8.42 Å². The normalized spacial score (nSPS) is 11.9. The molecule has 0 saturated carbocycles. The lowest BCUT2D eigenvalue weighted by atomic mass is 10.0. The van der Waals surface area contributed by atoms with Crippen molar-refractivity contribution in [2.24, 2.45) is 5.92 Å². The van der Waals surface area contributed by atoms with Gasteiger partial charge in [-0.3, -0.25) is 0 Å². The first-order valence-electron chi connectivity index (χ1n) is 11.6. The number of unbranched alkanes of at least 4 members (excludes halogenated alkanes) is 12. The van der Waals surface area contributed by atoms with Gasteiger partial charge in [-0.1, -0.05) is 97.3 Å². The molecule has 0 aliphatic carbocycles. The van der Waals surface area contributed by atoms with Gasteiger partial charge in [-0.2, -0.15) is 0 Å². The van der Waals surface area contributed by atoms with Gasteiger partial charge >= 0.3 is 0 Å². The number of rotatable bonds is 18. The fourth-order valence-electron chi connectivity index (χ4n) is 3.49. The van der Waals surface area contributed by atoms with Crippen molar-refractivity contribution in [1.82, 2.24) is 0 Å². The van der Waals surface area contributed by atoms with Crippen molar-refractivity contribution in [2.45, 2.75) is 109 Å². The first kappa shape index (κ1) is 26.3. The van der Waals surface area contributed by atoms with Crippen LogP contribution < -0.4 is 4.74 Å². The van der Waals surface area contributed by atoms with Crippen molar-refractivity contribution in [1.29, 1.82) is 0 Å². The quantitative estimate of drug-likeness (QED) is 0.169. The number of hydrogen-bond donors (Lipinski definition) is 0. The Morgan fingerprint density at radius 2 is 1.14 bits per heavy atom. The van der Waals surface area contributed by atoms with E-state index in [0.717, 1.165) is 12.3 Å². The van der Waals surface area contributed by atoms with E-state index in [4.69, 9.17) is 15.4 Å². The third kappa shape index (κ3) is 14.8. The molecule has 0 aliphatic rings. The Labute approximate surface area is 184 Å². The van der Waals surface area contributed by atoms with Crippen molar-refractivity contribution in [3.05, 3.63) is 24.3 Å². The van der Waals surface area contributed by atoms with Gasteiger partial charge in [-0.15, -0.1) is 0 Å². The van der Waals surface area contributed by atoms with E-state index in [1.54, 1.807) is 12.1 Å². The summed E-state index contributed by atoms with van der Waals surface area (Å²) >= 11 is 0. The standard InChI is InChI=1S/C24H41ClO3S/c1-22(2)16-14-12-10-8-6-4-3-5-7-9-11-13-15-21-28-23-17-19-24(20-18-23)29(25,26)27/h17-20,22H,3-16,21H2,1-2H3. The van der Waals surface area contributed by atoms with Crippen molar-refractivity contribution in [3.63, 3.8) is 0 Å². The Kier molecular flexibility index (Phi) is 14.5. The molecular weight excluding hydrogens is 404 g/mol. The maximum atomic E-state index is 11.2. The lowest BCUT2D eigenvalue weighted by molar-refractivity contribution is 0.304. The number of hydrogen-bond acceptors (Lipinski definition) is 3. The van der Waals surface area contributed by atoms with Crippen molar-refractivity contribution in [3.8, 4) is 5.75 Å². The van der Waals surface area contributed by atoms with Crippen LogP contribution in [0.1, 0.15) is 104 Å². The number of halogens is 1. The Morgan fingerprint density at radius 3 is 1.55 bits per heavy atom. The van der Waals surface area contributed by atoms with Gasteiger partial charge in [0.15, 0.2) is 0 Å². The summed E-state index contributed by atoms with van der Waals surface area (Å²) in [6, 6.07) is 6.26. The fraction of sp³-hybridized carbons (Fsp3) is 0.750. The third-order valence-corrected chi connectivity index (χ3v) is 6.67.